The van der Waals surface area contributed by atoms with Gasteiger partial charge in [-0.25, -0.2) is 4.79 Å². The van der Waals surface area contributed by atoms with E-state index in [4.69, 9.17) is 4.74 Å². The molecule has 0 saturated heterocycles. The molecule has 3 nitrogen and oxygen atoms in total. The number of rotatable bonds is 4. The lowest BCUT2D eigenvalue weighted by atomic mass is 10.2. The molecule has 0 aliphatic carbocycles. The van der Waals surface area contributed by atoms with Crippen molar-refractivity contribution in [3.63, 3.8) is 0 Å². The van der Waals surface area contributed by atoms with Crippen molar-refractivity contribution in [2.45, 2.75) is 33.2 Å². The van der Waals surface area contributed by atoms with Gasteiger partial charge in [0.15, 0.2) is 0 Å². The van der Waals surface area contributed by atoms with Crippen LogP contribution in [0.25, 0.3) is 10.9 Å². The van der Waals surface area contributed by atoms with Gasteiger partial charge in [-0.15, -0.1) is 0 Å². The Kier molecular flexibility index (Phi) is 3.70. The van der Waals surface area contributed by atoms with Crippen LogP contribution in [0, 0.1) is 6.92 Å². The molecule has 0 amide bonds. The van der Waals surface area contributed by atoms with Crippen LogP contribution in [0.5, 0.6) is 0 Å². The summed E-state index contributed by atoms with van der Waals surface area (Å²) in [6, 6.07) is 7.98. The third-order valence-corrected chi connectivity index (χ3v) is 3.08. The smallest absolute Gasteiger partial charge is 0.328 e. The average Bonchev–Trinajstić information content (AvgIpc) is 2.77. The first kappa shape index (κ1) is 12.7. The molecule has 0 N–H and O–H groups in total. The molecule has 2 aromatic rings. The topological polar surface area (TPSA) is 31.2 Å². The SMILES string of the molecule is CCCOC(=O)C(C)n1ccc2cc(C)ccc21. The number of esters is 1. The predicted molar refractivity (Wildman–Crippen MR) is 72.6 cm³/mol. The van der Waals surface area contributed by atoms with Crippen LogP contribution in [-0.4, -0.2) is 17.1 Å². The zero-order valence-electron chi connectivity index (χ0n) is 11.1. The van der Waals surface area contributed by atoms with Gasteiger partial charge in [-0.3, -0.25) is 0 Å². The van der Waals surface area contributed by atoms with Gasteiger partial charge in [0, 0.05) is 11.7 Å². The zero-order valence-corrected chi connectivity index (χ0v) is 11.1. The maximum Gasteiger partial charge on any atom is 0.328 e. The predicted octanol–water partition coefficient (Wildman–Crippen LogP) is 3.46. The number of hydrogen-bond donors (Lipinski definition) is 0. The van der Waals surface area contributed by atoms with E-state index in [-0.39, 0.29) is 12.0 Å². The minimum atomic E-state index is -0.281. The van der Waals surface area contributed by atoms with E-state index in [2.05, 4.69) is 19.1 Å². The van der Waals surface area contributed by atoms with Gasteiger partial charge in [0.2, 0.25) is 0 Å². The van der Waals surface area contributed by atoms with Crippen molar-refractivity contribution >= 4 is 16.9 Å². The van der Waals surface area contributed by atoms with E-state index < -0.39 is 0 Å². The second-order valence-electron chi connectivity index (χ2n) is 4.63. The first-order valence-corrected chi connectivity index (χ1v) is 6.37. The van der Waals surface area contributed by atoms with Gasteiger partial charge in [-0.1, -0.05) is 18.6 Å². The molecule has 18 heavy (non-hydrogen) atoms. The molecule has 0 aliphatic heterocycles. The van der Waals surface area contributed by atoms with Gasteiger partial charge in [0.25, 0.3) is 0 Å². The first-order valence-electron chi connectivity index (χ1n) is 6.37. The number of aromatic nitrogens is 1. The number of hydrogen-bond acceptors (Lipinski definition) is 2. The van der Waals surface area contributed by atoms with E-state index in [1.54, 1.807) is 0 Å². The quantitative estimate of drug-likeness (QED) is 0.772. The van der Waals surface area contributed by atoms with E-state index >= 15 is 0 Å². The van der Waals surface area contributed by atoms with Gasteiger partial charge >= 0.3 is 5.97 Å². The molecular formula is C15H19NO2. The van der Waals surface area contributed by atoms with Crippen molar-refractivity contribution in [3.05, 3.63) is 36.0 Å². The van der Waals surface area contributed by atoms with Crippen LogP contribution in [0.3, 0.4) is 0 Å². The summed E-state index contributed by atoms with van der Waals surface area (Å²) >= 11 is 0. The number of benzene rings is 1. The molecule has 0 bridgehead atoms. The Balaban J connectivity index is 2.28. The summed E-state index contributed by atoms with van der Waals surface area (Å²) in [5.74, 6) is -0.171. The van der Waals surface area contributed by atoms with Crippen LogP contribution in [0.15, 0.2) is 30.5 Å². The van der Waals surface area contributed by atoms with Crippen LogP contribution in [0.1, 0.15) is 31.9 Å². The summed E-state index contributed by atoms with van der Waals surface area (Å²) in [4.78, 5) is 11.9. The van der Waals surface area contributed by atoms with Gasteiger partial charge in [-0.2, -0.15) is 0 Å². The van der Waals surface area contributed by atoms with E-state index in [0.717, 1.165) is 17.3 Å². The van der Waals surface area contributed by atoms with Crippen molar-refractivity contribution in [1.82, 2.24) is 4.57 Å². The summed E-state index contributed by atoms with van der Waals surface area (Å²) in [6.45, 7) is 6.42. The summed E-state index contributed by atoms with van der Waals surface area (Å²) in [6.07, 6.45) is 2.80. The second kappa shape index (κ2) is 5.25. The molecule has 3 heteroatoms. The highest BCUT2D eigenvalue weighted by molar-refractivity contribution is 5.84. The Labute approximate surface area is 107 Å². The first-order chi connectivity index (χ1) is 8.63. The van der Waals surface area contributed by atoms with Crippen molar-refractivity contribution in [2.75, 3.05) is 6.61 Å². The van der Waals surface area contributed by atoms with Crippen LogP contribution in [-0.2, 0) is 9.53 Å². The highest BCUT2D eigenvalue weighted by Crippen LogP contribution is 2.22. The molecule has 96 valence electrons. The van der Waals surface area contributed by atoms with Crippen molar-refractivity contribution in [1.29, 1.82) is 0 Å². The maximum atomic E-state index is 11.9. The highest BCUT2D eigenvalue weighted by atomic mass is 16.5. The number of nitrogens with zero attached hydrogens (tertiary/aromatic N) is 1. The normalized spacial score (nSPS) is 12.6. The number of fused-ring (bicyclic) bond motifs is 1. The average molecular weight is 245 g/mol. The fourth-order valence-electron chi connectivity index (χ4n) is 2.06. The Morgan fingerprint density at radius 3 is 2.89 bits per heavy atom. The number of aryl methyl sites for hydroxylation is 1. The number of ether oxygens (including phenoxy) is 1. The fraction of sp³-hybridized carbons (Fsp3) is 0.400. The van der Waals surface area contributed by atoms with Crippen LogP contribution < -0.4 is 0 Å². The lowest BCUT2D eigenvalue weighted by Gasteiger charge is -2.14. The molecule has 0 aliphatic rings. The van der Waals surface area contributed by atoms with Crippen LogP contribution in [0.2, 0.25) is 0 Å². The molecule has 1 atom stereocenters. The van der Waals surface area contributed by atoms with E-state index in [9.17, 15) is 4.79 Å². The molecule has 0 fully saturated rings. The molecule has 1 aromatic carbocycles. The number of carbonyl (C=O) groups is 1. The van der Waals surface area contributed by atoms with Crippen LogP contribution in [0.4, 0.5) is 0 Å². The Bertz CT molecular complexity index is 557. The van der Waals surface area contributed by atoms with Crippen LogP contribution >= 0.6 is 0 Å². The molecule has 2 rings (SSSR count). The van der Waals surface area contributed by atoms with Gasteiger partial charge in [0.1, 0.15) is 6.04 Å². The Hall–Kier alpha value is -1.77. The lowest BCUT2D eigenvalue weighted by Crippen LogP contribution is -2.18. The number of carbonyl (C=O) groups excluding carboxylic acids is 1. The van der Waals surface area contributed by atoms with Gasteiger partial charge < -0.3 is 9.30 Å². The summed E-state index contributed by atoms with van der Waals surface area (Å²) in [7, 11) is 0. The second-order valence-corrected chi connectivity index (χ2v) is 4.63. The third-order valence-electron chi connectivity index (χ3n) is 3.08. The summed E-state index contributed by atoms with van der Waals surface area (Å²) in [5, 5.41) is 1.16. The maximum absolute atomic E-state index is 11.9. The fourth-order valence-corrected chi connectivity index (χ4v) is 2.06. The lowest BCUT2D eigenvalue weighted by molar-refractivity contribution is -0.147. The summed E-state index contributed by atoms with van der Waals surface area (Å²) < 4.78 is 7.15. The van der Waals surface area contributed by atoms with E-state index in [1.807, 2.05) is 36.7 Å². The molecule has 0 radical (unpaired) electrons. The molecule has 0 spiro atoms. The van der Waals surface area contributed by atoms with Gasteiger partial charge in [-0.05, 0) is 43.9 Å². The molecular weight excluding hydrogens is 226 g/mol. The van der Waals surface area contributed by atoms with E-state index in [1.165, 1.54) is 5.56 Å². The van der Waals surface area contributed by atoms with Crippen molar-refractivity contribution < 1.29 is 9.53 Å². The minimum absolute atomic E-state index is 0.171. The monoisotopic (exact) mass is 245 g/mol. The standard InChI is InChI=1S/C15H19NO2/c1-4-9-18-15(17)12(3)16-8-7-13-10-11(2)5-6-14(13)16/h5-8,10,12H,4,9H2,1-3H3. The van der Waals surface area contributed by atoms with Crippen molar-refractivity contribution in [3.8, 4) is 0 Å². The minimum Gasteiger partial charge on any atom is -0.464 e. The zero-order chi connectivity index (χ0) is 13.1. The van der Waals surface area contributed by atoms with Crippen molar-refractivity contribution in [2.24, 2.45) is 0 Å². The molecule has 0 saturated carbocycles. The Morgan fingerprint density at radius 1 is 1.39 bits per heavy atom. The molecule has 1 unspecified atom stereocenters. The molecule has 1 heterocycles. The van der Waals surface area contributed by atoms with Gasteiger partial charge in [0.05, 0.1) is 6.61 Å². The third kappa shape index (κ3) is 2.40. The van der Waals surface area contributed by atoms with E-state index in [0.29, 0.717) is 6.61 Å². The largest absolute Gasteiger partial charge is 0.464 e. The summed E-state index contributed by atoms with van der Waals surface area (Å²) in [5.41, 5.74) is 2.29. The molecule has 1 aromatic heterocycles. The Morgan fingerprint density at radius 2 is 2.17 bits per heavy atom. The highest BCUT2D eigenvalue weighted by Gasteiger charge is 2.17.